The average Bonchev–Trinajstić information content (AvgIpc) is 2.54. The van der Waals surface area contributed by atoms with Crippen molar-refractivity contribution in [3.05, 3.63) is 24.3 Å². The van der Waals surface area contributed by atoms with Crippen LogP contribution in [0.25, 0.3) is 0 Å². The Balaban J connectivity index is 2.58. The van der Waals surface area contributed by atoms with Crippen LogP contribution in [0.3, 0.4) is 0 Å². The molecule has 2 N–H and O–H groups in total. The zero-order valence-corrected chi connectivity index (χ0v) is 16.1. The van der Waals surface area contributed by atoms with Crippen molar-refractivity contribution in [1.82, 2.24) is 10.0 Å². The fourth-order valence-electron chi connectivity index (χ4n) is 1.97. The number of ether oxygens (including phenoxy) is 2. The molecular formula is C17H28N2O5S. The lowest BCUT2D eigenvalue weighted by Crippen LogP contribution is -2.40. The van der Waals surface area contributed by atoms with Crippen LogP contribution in [-0.2, 0) is 19.6 Å². The molecule has 1 rings (SSSR count). The van der Waals surface area contributed by atoms with Gasteiger partial charge in [-0.3, -0.25) is 4.79 Å². The minimum Gasteiger partial charge on any atom is -0.481 e. The Morgan fingerprint density at radius 2 is 1.80 bits per heavy atom. The smallest absolute Gasteiger partial charge is 0.260 e. The van der Waals surface area contributed by atoms with E-state index in [1.807, 2.05) is 20.8 Å². The number of carbonyl (C=O) groups is 1. The third kappa shape index (κ3) is 7.85. The standard InChI is InChI=1S/C17H28N2O5S/c1-5-23-12-6-11-18-25(21,22)16-9-7-15(8-10-16)24-14(4)17(20)19-13(2)3/h7-10,13-14,18H,5-6,11-12H2,1-4H3,(H,19,20)/t14-/m1/s1. The molecule has 142 valence electrons. The molecule has 25 heavy (non-hydrogen) atoms. The summed E-state index contributed by atoms with van der Waals surface area (Å²) in [5.74, 6) is 0.212. The molecule has 1 atom stereocenters. The van der Waals surface area contributed by atoms with Crippen LogP contribution >= 0.6 is 0 Å². The molecule has 0 heterocycles. The van der Waals surface area contributed by atoms with Gasteiger partial charge in [-0.15, -0.1) is 0 Å². The van der Waals surface area contributed by atoms with Crippen LogP contribution in [0.5, 0.6) is 5.75 Å². The van der Waals surface area contributed by atoms with E-state index in [1.165, 1.54) is 24.3 Å². The van der Waals surface area contributed by atoms with Crippen molar-refractivity contribution in [2.75, 3.05) is 19.8 Å². The maximum Gasteiger partial charge on any atom is 0.260 e. The highest BCUT2D eigenvalue weighted by molar-refractivity contribution is 7.89. The number of amides is 1. The van der Waals surface area contributed by atoms with Crippen LogP contribution in [0.1, 0.15) is 34.1 Å². The molecule has 0 spiro atoms. The number of hydrogen-bond donors (Lipinski definition) is 2. The first kappa shape index (κ1) is 21.4. The van der Waals surface area contributed by atoms with E-state index in [0.717, 1.165) is 0 Å². The molecule has 0 fully saturated rings. The van der Waals surface area contributed by atoms with Gasteiger partial charge in [0, 0.05) is 25.8 Å². The summed E-state index contributed by atoms with van der Waals surface area (Å²) >= 11 is 0. The van der Waals surface area contributed by atoms with Gasteiger partial charge in [-0.05, 0) is 58.4 Å². The van der Waals surface area contributed by atoms with E-state index in [1.54, 1.807) is 6.92 Å². The third-order valence-corrected chi connectivity index (χ3v) is 4.69. The fourth-order valence-corrected chi connectivity index (χ4v) is 3.04. The summed E-state index contributed by atoms with van der Waals surface area (Å²) in [6, 6.07) is 6.00. The first-order valence-electron chi connectivity index (χ1n) is 8.40. The molecule has 0 aliphatic rings. The van der Waals surface area contributed by atoms with E-state index in [2.05, 4.69) is 10.0 Å². The predicted molar refractivity (Wildman–Crippen MR) is 96.1 cm³/mol. The first-order valence-corrected chi connectivity index (χ1v) is 9.89. The molecule has 0 unspecified atom stereocenters. The van der Waals surface area contributed by atoms with Crippen LogP contribution in [0, 0.1) is 0 Å². The lowest BCUT2D eigenvalue weighted by molar-refractivity contribution is -0.127. The van der Waals surface area contributed by atoms with Gasteiger partial charge in [-0.2, -0.15) is 0 Å². The summed E-state index contributed by atoms with van der Waals surface area (Å²) in [4.78, 5) is 12.0. The van der Waals surface area contributed by atoms with Crippen LogP contribution in [0.4, 0.5) is 0 Å². The van der Waals surface area contributed by atoms with Crippen LogP contribution in [0.15, 0.2) is 29.2 Å². The Kier molecular flexibility index (Phi) is 8.88. The highest BCUT2D eigenvalue weighted by Gasteiger charge is 2.17. The Hall–Kier alpha value is -1.64. The largest absolute Gasteiger partial charge is 0.481 e. The summed E-state index contributed by atoms with van der Waals surface area (Å²) in [7, 11) is -3.57. The van der Waals surface area contributed by atoms with Gasteiger partial charge in [-0.25, -0.2) is 13.1 Å². The summed E-state index contributed by atoms with van der Waals surface area (Å²) in [5.41, 5.74) is 0. The minimum absolute atomic E-state index is 0.0277. The van der Waals surface area contributed by atoms with Gasteiger partial charge in [0.1, 0.15) is 5.75 Å². The zero-order chi connectivity index (χ0) is 18.9. The van der Waals surface area contributed by atoms with Crippen molar-refractivity contribution in [1.29, 1.82) is 0 Å². The van der Waals surface area contributed by atoms with Crippen molar-refractivity contribution in [2.45, 2.75) is 51.2 Å². The zero-order valence-electron chi connectivity index (χ0n) is 15.2. The number of nitrogens with one attached hydrogen (secondary N) is 2. The topological polar surface area (TPSA) is 93.7 Å². The molecular weight excluding hydrogens is 344 g/mol. The van der Waals surface area contributed by atoms with E-state index in [0.29, 0.717) is 31.9 Å². The van der Waals surface area contributed by atoms with Crippen molar-refractivity contribution in [3.8, 4) is 5.75 Å². The number of hydrogen-bond acceptors (Lipinski definition) is 5. The molecule has 0 saturated heterocycles. The molecule has 0 aliphatic heterocycles. The second-order valence-corrected chi connectivity index (χ2v) is 7.61. The maximum atomic E-state index is 12.2. The SMILES string of the molecule is CCOCCCNS(=O)(=O)c1ccc(O[C@H](C)C(=O)NC(C)C)cc1. The Morgan fingerprint density at radius 1 is 1.16 bits per heavy atom. The van der Waals surface area contributed by atoms with Gasteiger partial charge in [0.2, 0.25) is 10.0 Å². The van der Waals surface area contributed by atoms with E-state index in [-0.39, 0.29) is 16.8 Å². The molecule has 7 nitrogen and oxygen atoms in total. The van der Waals surface area contributed by atoms with E-state index >= 15 is 0 Å². The number of rotatable bonds is 11. The van der Waals surface area contributed by atoms with Gasteiger partial charge in [-0.1, -0.05) is 0 Å². The van der Waals surface area contributed by atoms with Gasteiger partial charge in [0.25, 0.3) is 5.91 Å². The minimum atomic E-state index is -3.57. The highest BCUT2D eigenvalue weighted by Crippen LogP contribution is 2.17. The van der Waals surface area contributed by atoms with Crippen molar-refractivity contribution >= 4 is 15.9 Å². The van der Waals surface area contributed by atoms with Gasteiger partial charge < -0.3 is 14.8 Å². The Bertz CT molecular complexity index is 629. The fraction of sp³-hybridized carbons (Fsp3) is 0.588. The summed E-state index contributed by atoms with van der Waals surface area (Å²) < 4.78 is 37.6. The molecule has 1 aromatic rings. The van der Waals surface area contributed by atoms with Gasteiger partial charge in [0.15, 0.2) is 6.10 Å². The van der Waals surface area contributed by atoms with E-state index in [9.17, 15) is 13.2 Å². The normalized spacial score (nSPS) is 12.8. The molecule has 0 bridgehead atoms. The average molecular weight is 372 g/mol. The van der Waals surface area contributed by atoms with Crippen molar-refractivity contribution in [2.24, 2.45) is 0 Å². The monoisotopic (exact) mass is 372 g/mol. The van der Waals surface area contributed by atoms with Crippen molar-refractivity contribution < 1.29 is 22.7 Å². The van der Waals surface area contributed by atoms with Gasteiger partial charge >= 0.3 is 0 Å². The molecule has 1 amide bonds. The second-order valence-electron chi connectivity index (χ2n) is 5.84. The Morgan fingerprint density at radius 3 is 2.36 bits per heavy atom. The molecule has 0 aliphatic carbocycles. The Labute approximate surface area is 150 Å². The van der Waals surface area contributed by atoms with Gasteiger partial charge in [0.05, 0.1) is 4.90 Å². The number of carbonyl (C=O) groups excluding carboxylic acids is 1. The maximum absolute atomic E-state index is 12.2. The third-order valence-electron chi connectivity index (χ3n) is 3.21. The molecule has 0 saturated carbocycles. The van der Waals surface area contributed by atoms with Crippen LogP contribution in [-0.4, -0.2) is 46.2 Å². The summed E-state index contributed by atoms with van der Waals surface area (Å²) in [5, 5.41) is 2.76. The van der Waals surface area contributed by atoms with Crippen LogP contribution in [0.2, 0.25) is 0 Å². The first-order chi connectivity index (χ1) is 11.8. The van der Waals surface area contributed by atoms with Crippen molar-refractivity contribution in [3.63, 3.8) is 0 Å². The highest BCUT2D eigenvalue weighted by atomic mass is 32.2. The molecule has 0 radical (unpaired) electrons. The molecule has 8 heteroatoms. The molecule has 0 aromatic heterocycles. The number of benzene rings is 1. The molecule has 1 aromatic carbocycles. The summed E-state index contributed by atoms with van der Waals surface area (Å²) in [6.07, 6.45) is -0.0574. The second kappa shape index (κ2) is 10.4. The van der Waals surface area contributed by atoms with E-state index in [4.69, 9.17) is 9.47 Å². The van der Waals surface area contributed by atoms with Crippen LogP contribution < -0.4 is 14.8 Å². The lowest BCUT2D eigenvalue weighted by Gasteiger charge is -2.16. The predicted octanol–water partition coefficient (Wildman–Crippen LogP) is 1.68. The number of sulfonamides is 1. The summed E-state index contributed by atoms with van der Waals surface area (Å²) in [6.45, 7) is 8.71. The quantitative estimate of drug-likeness (QED) is 0.577. The van der Waals surface area contributed by atoms with E-state index < -0.39 is 16.1 Å². The lowest BCUT2D eigenvalue weighted by atomic mass is 10.3.